The van der Waals surface area contributed by atoms with Crippen molar-refractivity contribution in [3.8, 4) is 0 Å². The number of hydrogen-bond acceptors (Lipinski definition) is 4. The number of hydrogen-bond donors (Lipinski definition) is 0. The van der Waals surface area contributed by atoms with E-state index in [1.54, 1.807) is 0 Å². The summed E-state index contributed by atoms with van der Waals surface area (Å²) in [6.45, 7) is -1.04. The predicted molar refractivity (Wildman–Crippen MR) is 90.5 cm³/mol. The molecule has 0 saturated heterocycles. The van der Waals surface area contributed by atoms with Crippen molar-refractivity contribution in [2.45, 2.75) is 13.2 Å². The topological polar surface area (TPSA) is 52.6 Å². The molecule has 0 aliphatic carbocycles. The highest BCUT2D eigenvalue weighted by molar-refractivity contribution is 5.84. The fraction of sp³-hybridized carbons (Fsp3) is 0.100. The Labute approximate surface area is 166 Å². The van der Waals surface area contributed by atoms with Crippen LogP contribution in [0.3, 0.4) is 0 Å². The molecule has 0 bridgehead atoms. The average Bonchev–Trinajstić information content (AvgIpc) is 2.70. The van der Waals surface area contributed by atoms with E-state index in [0.717, 1.165) is 24.3 Å². The molecule has 0 heterocycles. The lowest BCUT2D eigenvalue weighted by atomic mass is 10.2. The molecule has 30 heavy (non-hydrogen) atoms. The van der Waals surface area contributed by atoms with Gasteiger partial charge in [0.25, 0.3) is 0 Å². The van der Waals surface area contributed by atoms with Crippen LogP contribution in [0.4, 0.5) is 26.3 Å². The van der Waals surface area contributed by atoms with Crippen LogP contribution in [0.2, 0.25) is 0 Å². The van der Waals surface area contributed by atoms with Crippen molar-refractivity contribution in [3.05, 3.63) is 94.6 Å². The molecule has 0 aliphatic heterocycles. The van der Waals surface area contributed by atoms with Gasteiger partial charge in [0.2, 0.25) is 0 Å². The Bertz CT molecular complexity index is 889. The molecule has 0 saturated carbocycles. The highest BCUT2D eigenvalue weighted by atomic mass is 19.2. The second-order valence-corrected chi connectivity index (χ2v) is 5.68. The fourth-order valence-electron chi connectivity index (χ4n) is 2.06. The van der Waals surface area contributed by atoms with E-state index in [4.69, 9.17) is 0 Å². The number of ether oxygens (including phenoxy) is 2. The zero-order valence-corrected chi connectivity index (χ0v) is 14.9. The number of benzene rings is 2. The van der Waals surface area contributed by atoms with Gasteiger partial charge in [-0.05, 0) is 35.4 Å². The lowest BCUT2D eigenvalue weighted by Gasteiger charge is -2.04. The third kappa shape index (κ3) is 6.50. The Balaban J connectivity index is 1.78. The second kappa shape index (κ2) is 10.3. The Morgan fingerprint density at radius 2 is 0.933 bits per heavy atom. The van der Waals surface area contributed by atoms with Gasteiger partial charge in [-0.1, -0.05) is 12.2 Å². The van der Waals surface area contributed by atoms with Gasteiger partial charge in [0, 0.05) is 12.2 Å². The number of carbonyl (C=O) groups is 2. The summed E-state index contributed by atoms with van der Waals surface area (Å²) in [5, 5.41) is 0. The quantitative estimate of drug-likeness (QED) is 0.215. The lowest BCUT2D eigenvalue weighted by molar-refractivity contribution is -0.140. The monoisotopic (exact) mass is 430 g/mol. The van der Waals surface area contributed by atoms with E-state index >= 15 is 0 Å². The van der Waals surface area contributed by atoms with Gasteiger partial charge in [0.1, 0.15) is 13.2 Å². The van der Waals surface area contributed by atoms with Crippen LogP contribution in [-0.4, -0.2) is 11.9 Å². The van der Waals surface area contributed by atoms with E-state index < -0.39 is 60.1 Å². The summed E-state index contributed by atoms with van der Waals surface area (Å²) in [5.41, 5.74) is -0.220. The van der Waals surface area contributed by atoms with Crippen LogP contribution in [0.15, 0.2) is 48.6 Å². The van der Waals surface area contributed by atoms with Crippen molar-refractivity contribution in [3.63, 3.8) is 0 Å². The van der Waals surface area contributed by atoms with Crippen LogP contribution in [0, 0.1) is 34.9 Å². The van der Waals surface area contributed by atoms with Gasteiger partial charge in [-0.25, -0.2) is 35.9 Å². The smallest absolute Gasteiger partial charge is 0.331 e. The van der Waals surface area contributed by atoms with E-state index in [1.807, 2.05) is 0 Å². The number of rotatable bonds is 7. The van der Waals surface area contributed by atoms with Crippen molar-refractivity contribution < 1.29 is 45.4 Å². The van der Waals surface area contributed by atoms with Gasteiger partial charge in [-0.15, -0.1) is 0 Å². The summed E-state index contributed by atoms with van der Waals surface area (Å²) in [4.78, 5) is 23.0. The van der Waals surface area contributed by atoms with Crippen LogP contribution in [0.1, 0.15) is 11.1 Å². The van der Waals surface area contributed by atoms with E-state index in [1.165, 1.54) is 0 Å². The van der Waals surface area contributed by atoms with Gasteiger partial charge in [-0.3, -0.25) is 0 Å². The maximum absolute atomic E-state index is 13.0. The van der Waals surface area contributed by atoms with Crippen LogP contribution in [0.5, 0.6) is 0 Å². The third-order valence-electron chi connectivity index (χ3n) is 3.43. The fourth-order valence-corrected chi connectivity index (χ4v) is 2.06. The summed E-state index contributed by atoms with van der Waals surface area (Å²) in [5.74, 6) is -10.8. The molecule has 4 nitrogen and oxygen atoms in total. The summed E-state index contributed by atoms with van der Waals surface area (Å²) >= 11 is 0. The van der Waals surface area contributed by atoms with E-state index in [0.29, 0.717) is 24.3 Å². The average molecular weight is 430 g/mol. The summed E-state index contributed by atoms with van der Waals surface area (Å²) in [7, 11) is 0. The molecule has 0 N–H and O–H groups in total. The zero-order chi connectivity index (χ0) is 22.3. The molecule has 2 aromatic rings. The SMILES string of the molecule is O=C(/C=C/C=C/C(=O)OCc1cc(F)c(F)c(F)c1)OCc1cc(F)c(F)c(F)c1. The molecule has 2 rings (SSSR count). The number of allylic oxidation sites excluding steroid dienone is 2. The third-order valence-corrected chi connectivity index (χ3v) is 3.43. The minimum Gasteiger partial charge on any atom is -0.458 e. The van der Waals surface area contributed by atoms with Gasteiger partial charge in [0.05, 0.1) is 0 Å². The van der Waals surface area contributed by atoms with Gasteiger partial charge in [-0.2, -0.15) is 0 Å². The van der Waals surface area contributed by atoms with Crippen molar-refractivity contribution in [1.29, 1.82) is 0 Å². The highest BCUT2D eigenvalue weighted by Gasteiger charge is 2.12. The largest absolute Gasteiger partial charge is 0.458 e. The Kier molecular flexibility index (Phi) is 7.79. The van der Waals surface area contributed by atoms with Crippen LogP contribution < -0.4 is 0 Å². The lowest BCUT2D eigenvalue weighted by Crippen LogP contribution is -2.03. The Morgan fingerprint density at radius 1 is 0.633 bits per heavy atom. The first kappa shape index (κ1) is 22.7. The highest BCUT2D eigenvalue weighted by Crippen LogP contribution is 2.15. The molecule has 0 radical (unpaired) electrons. The van der Waals surface area contributed by atoms with Crippen LogP contribution >= 0.6 is 0 Å². The molecule has 0 amide bonds. The number of halogens is 6. The second-order valence-electron chi connectivity index (χ2n) is 5.68. The van der Waals surface area contributed by atoms with Crippen molar-refractivity contribution in [2.75, 3.05) is 0 Å². The molecule has 0 spiro atoms. The van der Waals surface area contributed by atoms with Gasteiger partial charge >= 0.3 is 11.9 Å². The summed E-state index contributed by atoms with van der Waals surface area (Å²) in [6.07, 6.45) is 3.94. The molecular formula is C20H12F6O4. The van der Waals surface area contributed by atoms with Crippen molar-refractivity contribution in [1.82, 2.24) is 0 Å². The minimum atomic E-state index is -1.64. The molecule has 0 fully saturated rings. The predicted octanol–water partition coefficient (Wildman–Crippen LogP) is 4.42. The molecule has 10 heteroatoms. The summed E-state index contributed by atoms with van der Waals surface area (Å²) in [6, 6.07) is 2.68. The zero-order valence-electron chi connectivity index (χ0n) is 14.9. The molecule has 158 valence electrons. The molecule has 0 aromatic heterocycles. The first-order chi connectivity index (χ1) is 14.2. The molecule has 0 unspecified atom stereocenters. The van der Waals surface area contributed by atoms with Crippen LogP contribution in [0.25, 0.3) is 0 Å². The maximum Gasteiger partial charge on any atom is 0.331 e. The van der Waals surface area contributed by atoms with Crippen molar-refractivity contribution in [2.24, 2.45) is 0 Å². The Morgan fingerprint density at radius 3 is 1.23 bits per heavy atom. The first-order valence-electron chi connectivity index (χ1n) is 8.12. The Hall–Kier alpha value is -3.56. The molecule has 2 aromatic carbocycles. The van der Waals surface area contributed by atoms with Gasteiger partial charge < -0.3 is 9.47 Å². The molecule has 0 atom stereocenters. The number of esters is 2. The molecule has 0 aliphatic rings. The number of carbonyl (C=O) groups excluding carboxylic acids is 2. The first-order valence-corrected chi connectivity index (χ1v) is 8.12. The van der Waals surface area contributed by atoms with Gasteiger partial charge in [0.15, 0.2) is 34.9 Å². The summed E-state index contributed by atoms with van der Waals surface area (Å²) < 4.78 is 87.2. The van der Waals surface area contributed by atoms with E-state index in [-0.39, 0.29) is 11.1 Å². The van der Waals surface area contributed by atoms with E-state index in [9.17, 15) is 35.9 Å². The molecular weight excluding hydrogens is 418 g/mol. The normalized spacial score (nSPS) is 11.3. The van der Waals surface area contributed by atoms with E-state index in [2.05, 4.69) is 9.47 Å². The van der Waals surface area contributed by atoms with Crippen LogP contribution in [-0.2, 0) is 32.3 Å². The minimum absolute atomic E-state index is 0.110. The standard InChI is InChI=1S/C20H12F6O4/c21-13-5-11(6-14(22)19(13)25)9-29-17(27)3-1-2-4-18(28)30-10-12-7-15(23)20(26)16(24)8-12/h1-8H,9-10H2/b3-1+,4-2+. The van der Waals surface area contributed by atoms with Crippen molar-refractivity contribution >= 4 is 11.9 Å². The maximum atomic E-state index is 13.0.